The topological polar surface area (TPSA) is 136 Å². The summed E-state index contributed by atoms with van der Waals surface area (Å²) >= 11 is 0. The van der Waals surface area contributed by atoms with E-state index in [9.17, 15) is 56.4 Å². The van der Waals surface area contributed by atoms with Gasteiger partial charge in [-0.3, -0.25) is 4.79 Å². The van der Waals surface area contributed by atoms with E-state index in [1.165, 1.54) is 6.92 Å². The van der Waals surface area contributed by atoms with Gasteiger partial charge in [-0.2, -0.15) is 34.8 Å². The van der Waals surface area contributed by atoms with Crippen molar-refractivity contribution in [1.82, 2.24) is 4.72 Å². The highest BCUT2D eigenvalue weighted by atomic mass is 32.3. The molecule has 2 unspecified atom stereocenters. The van der Waals surface area contributed by atoms with Crippen molar-refractivity contribution in [3.63, 3.8) is 0 Å². The normalized spacial score (nSPS) is 16.0. The molecule has 0 fully saturated rings. The second-order valence-electron chi connectivity index (χ2n) is 7.01. The minimum Gasteiger partial charge on any atom is -0.274 e. The predicted octanol–water partition coefficient (Wildman–Crippen LogP) is 2.57. The van der Waals surface area contributed by atoms with Crippen LogP contribution in [-0.2, 0) is 34.5 Å². The molecule has 0 rings (SSSR count). The number of amides is 1. The summed E-state index contributed by atoms with van der Waals surface area (Å²) in [4.78, 5) is 14.0. The number of halogens is 6. The van der Waals surface area contributed by atoms with Crippen LogP contribution in [0.2, 0.25) is 0 Å². The van der Waals surface area contributed by atoms with Crippen LogP contribution >= 0.6 is 0 Å². The Labute approximate surface area is 187 Å². The molecule has 9 nitrogen and oxygen atoms in total. The third-order valence-corrected chi connectivity index (χ3v) is 10.1. The Balaban J connectivity index is 6.34. The lowest BCUT2D eigenvalue weighted by Gasteiger charge is -2.31. The second-order valence-corrected chi connectivity index (χ2v) is 13.2. The maximum atomic E-state index is 14.2. The van der Waals surface area contributed by atoms with Gasteiger partial charge < -0.3 is 0 Å². The number of hydrogen-bond donors (Lipinski definition) is 1. The lowest BCUT2D eigenvalue weighted by Crippen LogP contribution is -2.64. The van der Waals surface area contributed by atoms with Crippen LogP contribution in [0.15, 0.2) is 0 Å². The van der Waals surface area contributed by atoms with Crippen LogP contribution in [0.3, 0.4) is 0 Å². The molecule has 1 N–H and O–H groups in total. The van der Waals surface area contributed by atoms with Crippen LogP contribution in [-0.4, -0.2) is 58.6 Å². The van der Waals surface area contributed by atoms with Crippen molar-refractivity contribution in [2.24, 2.45) is 5.92 Å². The van der Waals surface area contributed by atoms with Gasteiger partial charge in [-0.1, -0.05) is 33.1 Å². The Morgan fingerprint density at radius 3 is 1.79 bits per heavy atom. The van der Waals surface area contributed by atoms with Crippen molar-refractivity contribution in [3.05, 3.63) is 4.85 Å². The molecule has 194 valence electrons. The summed E-state index contributed by atoms with van der Waals surface area (Å²) in [5, 5.41) is -13.9. The largest absolute Gasteiger partial charge is 0.470 e. The third kappa shape index (κ3) is 5.91. The van der Waals surface area contributed by atoms with E-state index >= 15 is 0 Å². The van der Waals surface area contributed by atoms with Crippen molar-refractivity contribution in [1.29, 1.82) is 0 Å². The second kappa shape index (κ2) is 10.3. The zero-order valence-corrected chi connectivity index (χ0v) is 20.0. The fourth-order valence-electron chi connectivity index (χ4n) is 2.51. The van der Waals surface area contributed by atoms with Crippen LogP contribution in [0, 0.1) is 12.5 Å². The molecule has 33 heavy (non-hydrogen) atoms. The summed E-state index contributed by atoms with van der Waals surface area (Å²) < 4.78 is 152. The van der Waals surface area contributed by atoms with E-state index in [0.29, 0.717) is 24.0 Å². The molecule has 0 saturated carbocycles. The minimum atomic E-state index is -7.26. The van der Waals surface area contributed by atoms with E-state index in [-0.39, 0.29) is 19.1 Å². The molecule has 0 heterocycles. The maximum Gasteiger partial charge on any atom is 0.470 e. The maximum absolute atomic E-state index is 14.2. The fraction of sp³-hybridized carbons (Fsp3) is 0.867. The van der Waals surface area contributed by atoms with E-state index in [2.05, 4.69) is 6.57 Å². The number of nitrogens with one attached hydrogen (secondary N) is 1. The first kappa shape index (κ1) is 31.4. The number of carbonyl (C=O) groups is 1. The molecule has 18 heteroatoms. The number of rotatable bonds is 13. The third-order valence-electron chi connectivity index (χ3n) is 4.43. The van der Waals surface area contributed by atoms with Gasteiger partial charge >= 0.3 is 41.0 Å². The van der Waals surface area contributed by atoms with Gasteiger partial charge in [-0.15, -0.1) is 0 Å². The Bertz CT molecular complexity index is 1080. The summed E-state index contributed by atoms with van der Waals surface area (Å²) in [6.45, 7) is 7.49. The SMILES string of the molecule is C#[N+]C(S(C)(=O)=O)S(=O)(=O)C(F)(F)C(F)(F)C(F)(F)S(=O)(=O)NC(=O)C(CC)CCCCC. The highest BCUT2D eigenvalue weighted by Gasteiger charge is 2.84. The molecule has 0 aromatic rings. The Kier molecular flexibility index (Phi) is 9.83. The summed E-state index contributed by atoms with van der Waals surface area (Å²) in [6.07, 6.45) is 1.33. The van der Waals surface area contributed by atoms with Crippen molar-refractivity contribution in [2.45, 2.75) is 67.1 Å². The summed E-state index contributed by atoms with van der Waals surface area (Å²) in [5.74, 6) is -10.2. The molecule has 0 aromatic carbocycles. The fourth-order valence-corrected chi connectivity index (χ4v) is 6.92. The van der Waals surface area contributed by atoms with E-state index in [1.807, 2.05) is 4.85 Å². The standard InChI is InChI=1S/C15H22F6N2O7S3/c1-5-7-8-9-10(6-2)11(24)23-33(29,30)15(20,21)13(16,17)14(18,19)32(27,28)12(22-3)31(4,25)26/h3,10,12H,5-9H2,1-2,4H3/p+1. The summed E-state index contributed by atoms with van der Waals surface area (Å²) in [7, 11) is -19.4. The first-order valence-corrected chi connectivity index (χ1v) is 14.1. The van der Waals surface area contributed by atoms with Crippen molar-refractivity contribution in [2.75, 3.05) is 6.26 Å². The molecule has 0 spiro atoms. The van der Waals surface area contributed by atoms with E-state index in [1.54, 1.807) is 6.92 Å². The predicted molar refractivity (Wildman–Crippen MR) is 106 cm³/mol. The minimum absolute atomic E-state index is 0.0355. The van der Waals surface area contributed by atoms with E-state index in [0.717, 1.165) is 0 Å². The lowest BCUT2D eigenvalue weighted by atomic mass is 9.98. The molecule has 0 aliphatic heterocycles. The Hall–Kier alpha value is -1.61. The van der Waals surface area contributed by atoms with Crippen LogP contribution in [0.25, 0.3) is 4.85 Å². The van der Waals surface area contributed by atoms with Gasteiger partial charge in [0.05, 0.1) is 0 Å². The van der Waals surface area contributed by atoms with Crippen LogP contribution in [0.4, 0.5) is 26.3 Å². The van der Waals surface area contributed by atoms with Crippen molar-refractivity contribution in [3.8, 4) is 6.57 Å². The Morgan fingerprint density at radius 2 is 1.42 bits per heavy atom. The molecule has 0 saturated heterocycles. The van der Waals surface area contributed by atoms with Gasteiger partial charge in [0.25, 0.3) is 6.57 Å². The Morgan fingerprint density at radius 1 is 0.939 bits per heavy atom. The summed E-state index contributed by atoms with van der Waals surface area (Å²) in [6, 6.07) is 0. The molecule has 1 amide bonds. The molecule has 0 aromatic heterocycles. The van der Waals surface area contributed by atoms with Gasteiger partial charge in [0, 0.05) is 12.2 Å². The number of nitrogens with zero attached hydrogens (tertiary/aromatic N) is 1. The van der Waals surface area contributed by atoms with Crippen LogP contribution in [0.5, 0.6) is 0 Å². The molecule has 0 radical (unpaired) electrons. The van der Waals surface area contributed by atoms with E-state index < -0.39 is 62.7 Å². The van der Waals surface area contributed by atoms with Crippen LogP contribution in [0.1, 0.15) is 46.0 Å². The van der Waals surface area contributed by atoms with Gasteiger partial charge in [-0.05, 0) is 17.7 Å². The highest BCUT2D eigenvalue weighted by molar-refractivity contribution is 8.09. The number of hydrogen-bond acceptors (Lipinski definition) is 7. The number of alkyl halides is 6. The zero-order valence-electron chi connectivity index (χ0n) is 17.6. The van der Waals surface area contributed by atoms with Gasteiger partial charge in [0.1, 0.15) is 0 Å². The van der Waals surface area contributed by atoms with Gasteiger partial charge in [0.2, 0.25) is 15.7 Å². The molecule has 0 aliphatic rings. The van der Waals surface area contributed by atoms with Gasteiger partial charge in [-0.25, -0.2) is 21.6 Å². The molecule has 2 atom stereocenters. The first-order valence-electron chi connectivity index (χ1n) is 9.12. The average molecular weight is 554 g/mol. The van der Waals surface area contributed by atoms with Crippen molar-refractivity contribution < 1.29 is 56.4 Å². The quantitative estimate of drug-likeness (QED) is 0.274. The molecular formula is C15H23F6N2O7S3+. The first-order chi connectivity index (χ1) is 14.6. The monoisotopic (exact) mass is 553 g/mol. The average Bonchev–Trinajstić information content (AvgIpc) is 2.63. The van der Waals surface area contributed by atoms with Crippen molar-refractivity contribution >= 4 is 35.6 Å². The van der Waals surface area contributed by atoms with E-state index in [4.69, 9.17) is 0 Å². The molecular weight excluding hydrogens is 530 g/mol. The van der Waals surface area contributed by atoms with Gasteiger partial charge in [0.15, 0.2) is 0 Å². The lowest BCUT2D eigenvalue weighted by molar-refractivity contribution is -0.244. The number of unbranched alkanes of at least 4 members (excludes halogenated alkanes) is 2. The molecule has 0 bridgehead atoms. The smallest absolute Gasteiger partial charge is 0.274 e. The highest BCUT2D eigenvalue weighted by Crippen LogP contribution is 2.52. The number of sulfonamides is 1. The molecule has 0 aliphatic carbocycles. The van der Waals surface area contributed by atoms with Crippen LogP contribution < -0.4 is 4.72 Å². The summed E-state index contributed by atoms with van der Waals surface area (Å²) in [5.41, 5.74) is 0. The number of sulfone groups is 2. The zero-order chi connectivity index (χ0) is 26.7. The number of carbonyl (C=O) groups excluding carboxylic acids is 1.